The molecule has 1 unspecified atom stereocenters. The molecule has 0 saturated carbocycles. The summed E-state index contributed by atoms with van der Waals surface area (Å²) in [6.45, 7) is 7.29. The van der Waals surface area contributed by atoms with Crippen molar-refractivity contribution in [3.05, 3.63) is 6.33 Å². The predicted molar refractivity (Wildman–Crippen MR) is 83.4 cm³/mol. The highest BCUT2D eigenvalue weighted by molar-refractivity contribution is 7.99. The Morgan fingerprint density at radius 2 is 2.05 bits per heavy atom. The molecule has 6 heteroatoms. The minimum Gasteiger partial charge on any atom is -0.490 e. The van der Waals surface area contributed by atoms with Crippen LogP contribution in [-0.2, 0) is 0 Å². The van der Waals surface area contributed by atoms with Gasteiger partial charge >= 0.3 is 0 Å². The van der Waals surface area contributed by atoms with Crippen LogP contribution in [0.4, 0.5) is 11.6 Å². The van der Waals surface area contributed by atoms with Gasteiger partial charge in [-0.05, 0) is 19.1 Å². The molecule has 0 saturated heterocycles. The van der Waals surface area contributed by atoms with Crippen molar-refractivity contribution in [1.29, 1.82) is 0 Å². The van der Waals surface area contributed by atoms with Crippen molar-refractivity contribution in [2.45, 2.75) is 33.2 Å². The van der Waals surface area contributed by atoms with Gasteiger partial charge in [0.25, 0.3) is 0 Å². The molecule has 0 aliphatic carbocycles. The lowest BCUT2D eigenvalue weighted by Crippen LogP contribution is -2.20. The predicted octanol–water partition coefficient (Wildman–Crippen LogP) is 2.86. The van der Waals surface area contributed by atoms with E-state index in [2.05, 4.69) is 41.4 Å². The quantitative estimate of drug-likeness (QED) is 0.727. The minimum atomic E-state index is 0.341. The SMILES string of the molecule is CCCNc1ncnc(NC(C)CSCC)c1OC. The van der Waals surface area contributed by atoms with Crippen LogP contribution in [0.3, 0.4) is 0 Å². The molecule has 0 aliphatic rings. The first-order valence-electron chi connectivity index (χ1n) is 6.70. The van der Waals surface area contributed by atoms with Crippen molar-refractivity contribution in [1.82, 2.24) is 9.97 Å². The van der Waals surface area contributed by atoms with E-state index in [0.29, 0.717) is 11.8 Å². The van der Waals surface area contributed by atoms with Crippen molar-refractivity contribution < 1.29 is 4.74 Å². The fraction of sp³-hybridized carbons (Fsp3) is 0.692. The van der Waals surface area contributed by atoms with E-state index < -0.39 is 0 Å². The van der Waals surface area contributed by atoms with Gasteiger partial charge in [-0.1, -0.05) is 13.8 Å². The van der Waals surface area contributed by atoms with E-state index in [1.807, 2.05) is 11.8 Å². The lowest BCUT2D eigenvalue weighted by Gasteiger charge is -2.17. The monoisotopic (exact) mass is 284 g/mol. The highest BCUT2D eigenvalue weighted by Gasteiger charge is 2.13. The Balaban J connectivity index is 2.76. The zero-order valence-corrected chi connectivity index (χ0v) is 13.0. The maximum Gasteiger partial charge on any atom is 0.204 e. The number of methoxy groups -OCH3 is 1. The first-order chi connectivity index (χ1) is 9.22. The number of nitrogens with zero attached hydrogens (tertiary/aromatic N) is 2. The summed E-state index contributed by atoms with van der Waals surface area (Å²) >= 11 is 1.90. The topological polar surface area (TPSA) is 59.1 Å². The summed E-state index contributed by atoms with van der Waals surface area (Å²) in [5.74, 6) is 4.35. The van der Waals surface area contributed by atoms with Gasteiger partial charge in [0, 0.05) is 18.3 Å². The van der Waals surface area contributed by atoms with Gasteiger partial charge < -0.3 is 15.4 Å². The van der Waals surface area contributed by atoms with Crippen molar-refractivity contribution in [2.24, 2.45) is 0 Å². The molecule has 0 spiro atoms. The lowest BCUT2D eigenvalue weighted by molar-refractivity contribution is 0.414. The third kappa shape index (κ3) is 5.14. The van der Waals surface area contributed by atoms with E-state index in [-0.39, 0.29) is 0 Å². The first kappa shape index (κ1) is 15.9. The van der Waals surface area contributed by atoms with Gasteiger partial charge in [0.15, 0.2) is 11.6 Å². The molecule has 1 aromatic heterocycles. The van der Waals surface area contributed by atoms with Gasteiger partial charge in [0.05, 0.1) is 7.11 Å². The first-order valence-corrected chi connectivity index (χ1v) is 7.85. The van der Waals surface area contributed by atoms with Crippen molar-refractivity contribution in [2.75, 3.05) is 35.8 Å². The summed E-state index contributed by atoms with van der Waals surface area (Å²) in [5.41, 5.74) is 0. The van der Waals surface area contributed by atoms with Crippen LogP contribution in [0.5, 0.6) is 5.75 Å². The number of nitrogens with one attached hydrogen (secondary N) is 2. The number of hydrogen-bond acceptors (Lipinski definition) is 6. The largest absolute Gasteiger partial charge is 0.490 e. The smallest absolute Gasteiger partial charge is 0.204 e. The van der Waals surface area contributed by atoms with Crippen LogP contribution < -0.4 is 15.4 Å². The third-order valence-corrected chi connectivity index (χ3v) is 3.65. The average Bonchev–Trinajstić information content (AvgIpc) is 2.43. The molecule has 19 heavy (non-hydrogen) atoms. The zero-order chi connectivity index (χ0) is 14.1. The van der Waals surface area contributed by atoms with E-state index >= 15 is 0 Å². The van der Waals surface area contributed by atoms with Crippen molar-refractivity contribution >= 4 is 23.4 Å². The van der Waals surface area contributed by atoms with Crippen molar-refractivity contribution in [3.63, 3.8) is 0 Å². The second-order valence-corrected chi connectivity index (χ2v) is 5.55. The summed E-state index contributed by atoms with van der Waals surface area (Å²) in [5, 5.41) is 6.63. The maximum atomic E-state index is 5.42. The molecule has 0 aromatic carbocycles. The van der Waals surface area contributed by atoms with Gasteiger partial charge in [-0.3, -0.25) is 0 Å². The van der Waals surface area contributed by atoms with Crippen LogP contribution in [0, 0.1) is 0 Å². The van der Waals surface area contributed by atoms with Crippen LogP contribution in [0.1, 0.15) is 27.2 Å². The molecule has 0 bridgehead atoms. The molecule has 0 fully saturated rings. The van der Waals surface area contributed by atoms with Gasteiger partial charge in [0.1, 0.15) is 6.33 Å². The van der Waals surface area contributed by atoms with Crippen LogP contribution in [0.25, 0.3) is 0 Å². The van der Waals surface area contributed by atoms with E-state index in [1.54, 1.807) is 13.4 Å². The number of hydrogen-bond donors (Lipinski definition) is 2. The number of anilines is 2. The molecule has 1 aromatic rings. The number of ether oxygens (including phenoxy) is 1. The summed E-state index contributed by atoms with van der Waals surface area (Å²) in [4.78, 5) is 8.49. The molecule has 0 aliphatic heterocycles. The van der Waals surface area contributed by atoms with E-state index in [1.165, 1.54) is 0 Å². The van der Waals surface area contributed by atoms with Gasteiger partial charge in [-0.2, -0.15) is 11.8 Å². The molecule has 1 heterocycles. The molecule has 0 radical (unpaired) electrons. The second kappa shape index (κ2) is 8.85. The Hall–Kier alpha value is -1.17. The van der Waals surface area contributed by atoms with Crippen molar-refractivity contribution in [3.8, 4) is 5.75 Å². The number of rotatable bonds is 9. The molecule has 1 atom stereocenters. The highest BCUT2D eigenvalue weighted by Crippen LogP contribution is 2.29. The van der Waals surface area contributed by atoms with Gasteiger partial charge in [0.2, 0.25) is 5.75 Å². The molecular weight excluding hydrogens is 260 g/mol. The zero-order valence-electron chi connectivity index (χ0n) is 12.2. The highest BCUT2D eigenvalue weighted by atomic mass is 32.2. The summed E-state index contributed by atoms with van der Waals surface area (Å²) in [6.07, 6.45) is 2.60. The second-order valence-electron chi connectivity index (χ2n) is 4.24. The maximum absolute atomic E-state index is 5.42. The Bertz CT molecular complexity index is 376. The van der Waals surface area contributed by atoms with Crippen LogP contribution >= 0.6 is 11.8 Å². The van der Waals surface area contributed by atoms with Crippen LogP contribution in [-0.4, -0.2) is 41.2 Å². The summed E-state index contributed by atoms with van der Waals surface area (Å²) < 4.78 is 5.42. The van der Waals surface area contributed by atoms with E-state index in [9.17, 15) is 0 Å². The van der Waals surface area contributed by atoms with E-state index in [0.717, 1.165) is 36.1 Å². The number of thioether (sulfide) groups is 1. The Morgan fingerprint density at radius 1 is 1.32 bits per heavy atom. The van der Waals surface area contributed by atoms with Crippen LogP contribution in [0.15, 0.2) is 6.33 Å². The summed E-state index contributed by atoms with van der Waals surface area (Å²) in [6, 6.07) is 0.341. The van der Waals surface area contributed by atoms with Crippen LogP contribution in [0.2, 0.25) is 0 Å². The lowest BCUT2D eigenvalue weighted by atomic mass is 10.3. The third-order valence-electron chi connectivity index (χ3n) is 2.51. The standard InChI is InChI=1S/C13H24N4OS/c1-5-7-14-12-11(18-4)13(16-9-15-12)17-10(3)8-19-6-2/h9-10H,5-8H2,1-4H3,(H2,14,15,16,17). The average molecular weight is 284 g/mol. The minimum absolute atomic E-state index is 0.341. The Kier molecular flexibility index (Phi) is 7.40. The number of aromatic nitrogens is 2. The molecule has 0 amide bonds. The molecule has 2 N–H and O–H groups in total. The molecule has 5 nitrogen and oxygen atoms in total. The molecule has 1 rings (SSSR count). The van der Waals surface area contributed by atoms with E-state index in [4.69, 9.17) is 4.74 Å². The van der Waals surface area contributed by atoms with Gasteiger partial charge in [-0.25, -0.2) is 9.97 Å². The summed E-state index contributed by atoms with van der Waals surface area (Å²) in [7, 11) is 1.65. The Morgan fingerprint density at radius 3 is 2.68 bits per heavy atom. The fourth-order valence-electron chi connectivity index (χ4n) is 1.61. The Labute approximate surface area is 119 Å². The molecular formula is C13H24N4OS. The van der Waals surface area contributed by atoms with Gasteiger partial charge in [-0.15, -0.1) is 0 Å². The fourth-order valence-corrected chi connectivity index (χ4v) is 2.28. The molecule has 108 valence electrons. The normalized spacial score (nSPS) is 12.0.